The number of ether oxygens (including phenoxy) is 1. The molecule has 148 valence electrons. The number of carbonyl (C=O) groups is 1. The lowest BCUT2D eigenvalue weighted by atomic mass is 9.67. The minimum absolute atomic E-state index is 0.224. The molecule has 2 aromatic rings. The zero-order valence-electron chi connectivity index (χ0n) is 16.8. The average Bonchev–Trinajstić information content (AvgIpc) is 2.77. The first-order chi connectivity index (χ1) is 13.8. The molecule has 0 saturated heterocycles. The molecule has 0 aliphatic heterocycles. The largest absolute Gasteiger partial charge is 0.457 e. The molecule has 0 aromatic heterocycles. The molecule has 2 saturated carbocycles. The van der Waals surface area contributed by atoms with E-state index in [9.17, 15) is 4.79 Å². The summed E-state index contributed by atoms with van der Waals surface area (Å²) in [5, 5.41) is 0. The SMILES string of the molecule is O=C(c1ccc(Oc2ccccc2)cc1)C(C1CCCCC1)C1CCCCC1. The van der Waals surface area contributed by atoms with Gasteiger partial charge in [0.25, 0.3) is 0 Å². The second-order valence-corrected chi connectivity index (χ2v) is 8.63. The van der Waals surface area contributed by atoms with E-state index in [1.54, 1.807) is 0 Å². The normalized spacial score (nSPS) is 18.9. The van der Waals surface area contributed by atoms with Crippen LogP contribution < -0.4 is 4.74 Å². The predicted octanol–water partition coefficient (Wildman–Crippen LogP) is 7.44. The van der Waals surface area contributed by atoms with Gasteiger partial charge in [-0.2, -0.15) is 0 Å². The fraction of sp³-hybridized carbons (Fsp3) is 0.500. The topological polar surface area (TPSA) is 26.3 Å². The molecule has 0 spiro atoms. The van der Waals surface area contributed by atoms with Gasteiger partial charge in [-0.25, -0.2) is 0 Å². The highest BCUT2D eigenvalue weighted by molar-refractivity contribution is 5.98. The third-order valence-electron chi connectivity index (χ3n) is 6.74. The van der Waals surface area contributed by atoms with Crippen molar-refractivity contribution in [3.05, 3.63) is 60.2 Å². The zero-order chi connectivity index (χ0) is 19.2. The Balaban J connectivity index is 1.50. The minimum Gasteiger partial charge on any atom is -0.457 e. The van der Waals surface area contributed by atoms with Gasteiger partial charge in [0.1, 0.15) is 11.5 Å². The molecular weight excluding hydrogens is 344 g/mol. The van der Waals surface area contributed by atoms with Crippen molar-refractivity contribution in [2.75, 3.05) is 0 Å². The summed E-state index contributed by atoms with van der Waals surface area (Å²) in [7, 11) is 0. The Morgan fingerprint density at radius 2 is 1.18 bits per heavy atom. The predicted molar refractivity (Wildman–Crippen MR) is 114 cm³/mol. The van der Waals surface area contributed by atoms with E-state index in [0.717, 1.165) is 17.1 Å². The van der Waals surface area contributed by atoms with E-state index in [0.29, 0.717) is 17.6 Å². The smallest absolute Gasteiger partial charge is 0.166 e. The van der Waals surface area contributed by atoms with Gasteiger partial charge in [-0.1, -0.05) is 56.7 Å². The van der Waals surface area contributed by atoms with Crippen molar-refractivity contribution in [1.29, 1.82) is 0 Å². The van der Waals surface area contributed by atoms with Crippen molar-refractivity contribution < 1.29 is 9.53 Å². The standard InChI is InChI=1S/C26H32O2/c27-26(22-16-18-24(19-17-22)28-23-14-8-3-9-15-23)25(20-10-4-1-5-11-20)21-12-6-2-7-13-21/h3,8-9,14-21,25H,1-2,4-7,10-13H2. The minimum atomic E-state index is 0.224. The fourth-order valence-electron chi connectivity index (χ4n) is 5.30. The van der Waals surface area contributed by atoms with Gasteiger partial charge < -0.3 is 4.74 Å². The van der Waals surface area contributed by atoms with Crippen molar-refractivity contribution in [3.63, 3.8) is 0 Å². The lowest BCUT2D eigenvalue weighted by Crippen LogP contribution is -2.33. The molecule has 2 aliphatic carbocycles. The third-order valence-corrected chi connectivity index (χ3v) is 6.74. The van der Waals surface area contributed by atoms with E-state index >= 15 is 0 Å². The highest BCUT2D eigenvalue weighted by Crippen LogP contribution is 2.41. The van der Waals surface area contributed by atoms with E-state index in [1.807, 2.05) is 54.6 Å². The Morgan fingerprint density at radius 3 is 1.71 bits per heavy atom. The quantitative estimate of drug-likeness (QED) is 0.490. The molecule has 0 bridgehead atoms. The van der Waals surface area contributed by atoms with E-state index in [4.69, 9.17) is 4.74 Å². The van der Waals surface area contributed by atoms with Crippen LogP contribution in [-0.4, -0.2) is 5.78 Å². The van der Waals surface area contributed by atoms with Crippen LogP contribution in [0.2, 0.25) is 0 Å². The molecule has 2 heteroatoms. The van der Waals surface area contributed by atoms with Crippen LogP contribution in [0.15, 0.2) is 54.6 Å². The highest BCUT2D eigenvalue weighted by Gasteiger charge is 2.36. The fourth-order valence-corrected chi connectivity index (χ4v) is 5.30. The lowest BCUT2D eigenvalue weighted by molar-refractivity contribution is 0.0710. The first-order valence-corrected chi connectivity index (χ1v) is 11.2. The molecule has 0 atom stereocenters. The number of hydrogen-bond donors (Lipinski definition) is 0. The molecule has 0 heterocycles. The van der Waals surface area contributed by atoms with Crippen LogP contribution in [0, 0.1) is 17.8 Å². The van der Waals surface area contributed by atoms with E-state index in [-0.39, 0.29) is 5.92 Å². The summed E-state index contributed by atoms with van der Waals surface area (Å²) in [5.41, 5.74) is 0.863. The van der Waals surface area contributed by atoms with Gasteiger partial charge in [0, 0.05) is 11.5 Å². The van der Waals surface area contributed by atoms with Gasteiger partial charge in [0.2, 0.25) is 0 Å². The molecule has 2 aliphatic rings. The van der Waals surface area contributed by atoms with Crippen LogP contribution in [0.3, 0.4) is 0 Å². The van der Waals surface area contributed by atoms with Crippen molar-refractivity contribution in [3.8, 4) is 11.5 Å². The van der Waals surface area contributed by atoms with Gasteiger partial charge in [-0.05, 0) is 73.9 Å². The van der Waals surface area contributed by atoms with Gasteiger partial charge in [0.15, 0.2) is 5.78 Å². The molecule has 4 rings (SSSR count). The van der Waals surface area contributed by atoms with Crippen molar-refractivity contribution in [2.24, 2.45) is 17.8 Å². The Kier molecular flexibility index (Phi) is 6.46. The zero-order valence-corrected chi connectivity index (χ0v) is 16.8. The lowest BCUT2D eigenvalue weighted by Gasteiger charge is -2.37. The molecule has 2 fully saturated rings. The van der Waals surface area contributed by atoms with Crippen LogP contribution >= 0.6 is 0 Å². The molecule has 0 N–H and O–H groups in total. The molecule has 2 nitrogen and oxygen atoms in total. The number of para-hydroxylation sites is 1. The van der Waals surface area contributed by atoms with Gasteiger partial charge in [-0.3, -0.25) is 4.79 Å². The number of carbonyl (C=O) groups excluding carboxylic acids is 1. The summed E-state index contributed by atoms with van der Waals surface area (Å²) in [5.74, 6) is 3.39. The van der Waals surface area contributed by atoms with Crippen molar-refractivity contribution in [1.82, 2.24) is 0 Å². The average molecular weight is 377 g/mol. The van der Waals surface area contributed by atoms with Crippen LogP contribution in [0.4, 0.5) is 0 Å². The monoisotopic (exact) mass is 376 g/mol. The van der Waals surface area contributed by atoms with E-state index in [1.165, 1.54) is 64.2 Å². The Hall–Kier alpha value is -2.09. The molecular formula is C26H32O2. The molecule has 0 unspecified atom stereocenters. The Labute approximate surface area is 169 Å². The van der Waals surface area contributed by atoms with Crippen molar-refractivity contribution >= 4 is 5.78 Å². The highest BCUT2D eigenvalue weighted by atomic mass is 16.5. The maximum absolute atomic E-state index is 13.6. The van der Waals surface area contributed by atoms with Crippen LogP contribution in [0.5, 0.6) is 11.5 Å². The summed E-state index contributed by atoms with van der Waals surface area (Å²) >= 11 is 0. The summed E-state index contributed by atoms with van der Waals surface area (Å²) in [6.45, 7) is 0. The number of hydrogen-bond acceptors (Lipinski definition) is 2. The van der Waals surface area contributed by atoms with E-state index < -0.39 is 0 Å². The number of benzene rings is 2. The second kappa shape index (κ2) is 9.41. The van der Waals surface area contributed by atoms with Gasteiger partial charge in [-0.15, -0.1) is 0 Å². The summed E-state index contributed by atoms with van der Waals surface area (Å²) in [6.07, 6.45) is 12.8. The second-order valence-electron chi connectivity index (χ2n) is 8.63. The van der Waals surface area contributed by atoms with E-state index in [2.05, 4.69) is 0 Å². The maximum Gasteiger partial charge on any atom is 0.166 e. The molecule has 0 radical (unpaired) electrons. The van der Waals surface area contributed by atoms with Gasteiger partial charge in [0.05, 0.1) is 0 Å². The Bertz CT molecular complexity index is 720. The van der Waals surface area contributed by atoms with Crippen molar-refractivity contribution in [2.45, 2.75) is 64.2 Å². The first kappa shape index (κ1) is 19.2. The number of ketones is 1. The van der Waals surface area contributed by atoms with Crippen LogP contribution in [0.25, 0.3) is 0 Å². The summed E-state index contributed by atoms with van der Waals surface area (Å²) in [6, 6.07) is 17.6. The third kappa shape index (κ3) is 4.66. The van der Waals surface area contributed by atoms with Gasteiger partial charge >= 0.3 is 0 Å². The summed E-state index contributed by atoms with van der Waals surface area (Å²) < 4.78 is 5.89. The molecule has 2 aromatic carbocycles. The molecule has 28 heavy (non-hydrogen) atoms. The molecule has 0 amide bonds. The first-order valence-electron chi connectivity index (χ1n) is 11.2. The van der Waals surface area contributed by atoms with Crippen LogP contribution in [0.1, 0.15) is 74.6 Å². The number of Topliss-reactive ketones (excluding diaryl/α,β-unsaturated/α-hetero) is 1. The summed E-state index contributed by atoms with van der Waals surface area (Å²) in [4.78, 5) is 13.6. The maximum atomic E-state index is 13.6. The Morgan fingerprint density at radius 1 is 0.679 bits per heavy atom. The number of rotatable bonds is 6. The van der Waals surface area contributed by atoms with Crippen LogP contribution in [-0.2, 0) is 0 Å².